The fourth-order valence-electron chi connectivity index (χ4n) is 2.45. The van der Waals surface area contributed by atoms with Crippen LogP contribution in [-0.4, -0.2) is 28.4 Å². The predicted octanol–water partition coefficient (Wildman–Crippen LogP) is 2.12. The molecule has 1 atom stereocenters. The number of halogens is 1. The third-order valence-corrected chi connectivity index (χ3v) is 3.77. The largest absolute Gasteiger partial charge is 0.475 e. The summed E-state index contributed by atoms with van der Waals surface area (Å²) in [4.78, 5) is 18.1. The lowest BCUT2D eigenvalue weighted by atomic mass is 10.0. The maximum Gasteiger partial charge on any atom is 0.223 e. The SMILES string of the molecule is O=C1CCC[C@H]2COc3ncc(Br)cc3CN12. The number of nitrogens with zero attached hydrogens (tertiary/aromatic N) is 2. The summed E-state index contributed by atoms with van der Waals surface area (Å²) in [6.07, 6.45) is 4.38. The molecule has 2 aliphatic rings. The second-order valence-corrected chi connectivity index (χ2v) is 5.41. The molecule has 17 heavy (non-hydrogen) atoms. The smallest absolute Gasteiger partial charge is 0.223 e. The van der Waals surface area contributed by atoms with E-state index in [0.717, 1.165) is 22.9 Å². The minimum Gasteiger partial charge on any atom is -0.475 e. The third-order valence-electron chi connectivity index (χ3n) is 3.33. The Morgan fingerprint density at radius 1 is 1.53 bits per heavy atom. The van der Waals surface area contributed by atoms with E-state index in [1.807, 2.05) is 11.0 Å². The molecule has 1 amide bonds. The molecule has 5 heteroatoms. The number of amides is 1. The van der Waals surface area contributed by atoms with Crippen LogP contribution in [0.1, 0.15) is 24.8 Å². The zero-order chi connectivity index (χ0) is 11.8. The van der Waals surface area contributed by atoms with Crippen LogP contribution in [0.15, 0.2) is 16.7 Å². The Balaban J connectivity index is 1.95. The van der Waals surface area contributed by atoms with Crippen molar-refractivity contribution in [3.63, 3.8) is 0 Å². The summed E-state index contributed by atoms with van der Waals surface area (Å²) in [6.45, 7) is 1.18. The van der Waals surface area contributed by atoms with E-state index in [9.17, 15) is 4.79 Å². The van der Waals surface area contributed by atoms with Gasteiger partial charge in [0.2, 0.25) is 11.8 Å². The zero-order valence-electron chi connectivity index (χ0n) is 9.36. The number of ether oxygens (including phenoxy) is 1. The molecule has 0 bridgehead atoms. The van der Waals surface area contributed by atoms with Gasteiger partial charge in [0.1, 0.15) is 6.61 Å². The first-order chi connectivity index (χ1) is 8.24. The van der Waals surface area contributed by atoms with Crippen molar-refractivity contribution >= 4 is 21.8 Å². The Hall–Kier alpha value is -1.10. The average molecular weight is 297 g/mol. The highest BCUT2D eigenvalue weighted by molar-refractivity contribution is 9.10. The average Bonchev–Trinajstić information content (AvgIpc) is 2.49. The van der Waals surface area contributed by atoms with Gasteiger partial charge in [-0.3, -0.25) is 4.79 Å². The first kappa shape index (κ1) is 11.0. The van der Waals surface area contributed by atoms with Gasteiger partial charge in [-0.25, -0.2) is 4.98 Å². The molecular formula is C12H13BrN2O2. The molecule has 0 radical (unpaired) electrons. The number of piperidine rings is 1. The predicted molar refractivity (Wildman–Crippen MR) is 65.6 cm³/mol. The van der Waals surface area contributed by atoms with Gasteiger partial charge in [0.15, 0.2) is 0 Å². The molecule has 1 aromatic rings. The molecule has 0 N–H and O–H groups in total. The molecule has 1 aromatic heterocycles. The number of carbonyl (C=O) groups is 1. The summed E-state index contributed by atoms with van der Waals surface area (Å²) >= 11 is 3.40. The fourth-order valence-corrected chi connectivity index (χ4v) is 2.83. The summed E-state index contributed by atoms with van der Waals surface area (Å²) in [7, 11) is 0. The van der Waals surface area contributed by atoms with Gasteiger partial charge in [0, 0.05) is 22.7 Å². The zero-order valence-corrected chi connectivity index (χ0v) is 10.9. The first-order valence-electron chi connectivity index (χ1n) is 5.81. The number of hydrogen-bond acceptors (Lipinski definition) is 3. The highest BCUT2D eigenvalue weighted by Gasteiger charge is 2.31. The Bertz CT molecular complexity index is 464. The number of aromatic nitrogens is 1. The molecule has 2 aliphatic heterocycles. The molecular weight excluding hydrogens is 284 g/mol. The van der Waals surface area contributed by atoms with E-state index >= 15 is 0 Å². The van der Waals surface area contributed by atoms with Crippen LogP contribution in [0.3, 0.4) is 0 Å². The van der Waals surface area contributed by atoms with Crippen molar-refractivity contribution in [1.29, 1.82) is 0 Å². The van der Waals surface area contributed by atoms with Crippen molar-refractivity contribution in [3.05, 3.63) is 22.3 Å². The van der Waals surface area contributed by atoms with E-state index in [1.54, 1.807) is 6.20 Å². The quantitative estimate of drug-likeness (QED) is 0.736. The van der Waals surface area contributed by atoms with Gasteiger partial charge in [-0.1, -0.05) is 0 Å². The second-order valence-electron chi connectivity index (χ2n) is 4.50. The lowest BCUT2D eigenvalue weighted by Gasteiger charge is -2.33. The minimum atomic E-state index is 0.212. The Labute approximate surface area is 108 Å². The van der Waals surface area contributed by atoms with E-state index in [-0.39, 0.29) is 11.9 Å². The normalized spacial score (nSPS) is 23.5. The van der Waals surface area contributed by atoms with Gasteiger partial charge < -0.3 is 9.64 Å². The van der Waals surface area contributed by atoms with Gasteiger partial charge in [-0.15, -0.1) is 0 Å². The summed E-state index contributed by atoms with van der Waals surface area (Å²) in [5.41, 5.74) is 0.983. The number of rotatable bonds is 0. The Kier molecular flexibility index (Phi) is 2.78. The van der Waals surface area contributed by atoms with Crippen molar-refractivity contribution < 1.29 is 9.53 Å². The molecule has 3 rings (SSSR count). The summed E-state index contributed by atoms with van der Waals surface area (Å²) < 4.78 is 6.61. The minimum absolute atomic E-state index is 0.212. The molecule has 0 aliphatic carbocycles. The van der Waals surface area contributed by atoms with E-state index in [0.29, 0.717) is 25.5 Å². The summed E-state index contributed by atoms with van der Waals surface area (Å²) in [5, 5.41) is 0. The molecule has 0 spiro atoms. The first-order valence-corrected chi connectivity index (χ1v) is 6.60. The van der Waals surface area contributed by atoms with Crippen LogP contribution in [-0.2, 0) is 11.3 Å². The molecule has 4 nitrogen and oxygen atoms in total. The molecule has 1 saturated heterocycles. The maximum absolute atomic E-state index is 11.9. The van der Waals surface area contributed by atoms with Crippen LogP contribution in [0.25, 0.3) is 0 Å². The van der Waals surface area contributed by atoms with Crippen molar-refractivity contribution in [2.75, 3.05) is 6.61 Å². The van der Waals surface area contributed by atoms with Crippen molar-refractivity contribution in [3.8, 4) is 5.88 Å². The lowest BCUT2D eigenvalue weighted by Crippen LogP contribution is -2.44. The number of hydrogen-bond donors (Lipinski definition) is 0. The summed E-state index contributed by atoms with van der Waals surface area (Å²) in [5.74, 6) is 0.896. The summed E-state index contributed by atoms with van der Waals surface area (Å²) in [6, 6.07) is 2.19. The van der Waals surface area contributed by atoms with Crippen LogP contribution in [0.4, 0.5) is 0 Å². The molecule has 3 heterocycles. The number of pyridine rings is 1. The van der Waals surface area contributed by atoms with Crippen LogP contribution in [0, 0.1) is 0 Å². The third kappa shape index (κ3) is 2.04. The topological polar surface area (TPSA) is 42.4 Å². The van der Waals surface area contributed by atoms with E-state index in [4.69, 9.17) is 4.74 Å². The highest BCUT2D eigenvalue weighted by atomic mass is 79.9. The Morgan fingerprint density at radius 2 is 2.41 bits per heavy atom. The maximum atomic E-state index is 11.9. The van der Waals surface area contributed by atoms with Gasteiger partial charge in [0.25, 0.3) is 0 Å². The lowest BCUT2D eigenvalue weighted by molar-refractivity contribution is -0.137. The number of carbonyl (C=O) groups excluding carboxylic acids is 1. The van der Waals surface area contributed by atoms with Crippen molar-refractivity contribution in [2.45, 2.75) is 31.8 Å². The molecule has 90 valence electrons. The molecule has 0 aromatic carbocycles. The van der Waals surface area contributed by atoms with Gasteiger partial charge in [-0.2, -0.15) is 0 Å². The van der Waals surface area contributed by atoms with Gasteiger partial charge >= 0.3 is 0 Å². The second kappa shape index (κ2) is 4.29. The van der Waals surface area contributed by atoms with Gasteiger partial charge in [-0.05, 0) is 34.8 Å². The highest BCUT2D eigenvalue weighted by Crippen LogP contribution is 2.29. The van der Waals surface area contributed by atoms with E-state index in [1.165, 1.54) is 0 Å². The van der Waals surface area contributed by atoms with Crippen LogP contribution in [0.2, 0.25) is 0 Å². The van der Waals surface area contributed by atoms with E-state index < -0.39 is 0 Å². The number of fused-ring (bicyclic) bond motifs is 2. The fraction of sp³-hybridized carbons (Fsp3) is 0.500. The van der Waals surface area contributed by atoms with Crippen LogP contribution in [0.5, 0.6) is 5.88 Å². The standard InChI is InChI=1S/C12H13BrN2O2/c13-9-4-8-6-15-10(2-1-3-11(15)16)7-17-12(8)14-5-9/h4-5,10H,1-3,6-7H2/t10-/m0/s1. The van der Waals surface area contributed by atoms with Crippen molar-refractivity contribution in [2.24, 2.45) is 0 Å². The van der Waals surface area contributed by atoms with Gasteiger partial charge in [0.05, 0.1) is 12.6 Å². The van der Waals surface area contributed by atoms with Crippen LogP contribution >= 0.6 is 15.9 Å². The molecule has 0 unspecified atom stereocenters. The van der Waals surface area contributed by atoms with E-state index in [2.05, 4.69) is 20.9 Å². The molecule has 1 fully saturated rings. The van der Waals surface area contributed by atoms with Crippen molar-refractivity contribution in [1.82, 2.24) is 9.88 Å². The Morgan fingerprint density at radius 3 is 3.29 bits per heavy atom. The molecule has 0 saturated carbocycles. The van der Waals surface area contributed by atoms with Crippen LogP contribution < -0.4 is 4.74 Å². The monoisotopic (exact) mass is 296 g/mol.